The summed E-state index contributed by atoms with van der Waals surface area (Å²) in [5, 5.41) is 5.81. The number of benzene rings is 2. The van der Waals surface area contributed by atoms with Gasteiger partial charge in [0.05, 0.1) is 11.4 Å². The Balaban J connectivity index is 1.69. The molecule has 2 amide bonds. The first-order valence-electron chi connectivity index (χ1n) is 7.30. The molecule has 24 heavy (non-hydrogen) atoms. The van der Waals surface area contributed by atoms with Crippen LogP contribution >= 0.6 is 11.6 Å². The molecular formula is C18H14ClN3O2. The fourth-order valence-electron chi connectivity index (χ4n) is 2.19. The number of hydrogen-bond donors (Lipinski definition) is 2. The second kappa shape index (κ2) is 7.10. The summed E-state index contributed by atoms with van der Waals surface area (Å²) in [6.45, 7) is 0. The van der Waals surface area contributed by atoms with Crippen molar-refractivity contribution in [2.45, 2.75) is 6.04 Å². The molecule has 2 aromatic rings. The van der Waals surface area contributed by atoms with Gasteiger partial charge in [-0.15, -0.1) is 0 Å². The van der Waals surface area contributed by atoms with Crippen molar-refractivity contribution in [3.05, 3.63) is 65.2 Å². The van der Waals surface area contributed by atoms with Crippen LogP contribution in [0, 0.1) is 0 Å². The molecule has 0 bridgehead atoms. The van der Waals surface area contributed by atoms with Crippen LogP contribution in [0.25, 0.3) is 6.08 Å². The van der Waals surface area contributed by atoms with Gasteiger partial charge in [0.1, 0.15) is 6.04 Å². The van der Waals surface area contributed by atoms with Gasteiger partial charge >= 0.3 is 0 Å². The van der Waals surface area contributed by atoms with Crippen LogP contribution < -0.4 is 10.6 Å². The number of nitrogens with one attached hydrogen (secondary N) is 2. The van der Waals surface area contributed by atoms with E-state index in [9.17, 15) is 9.59 Å². The highest BCUT2D eigenvalue weighted by Gasteiger charge is 2.21. The minimum Gasteiger partial charge on any atom is -0.336 e. The number of carbonyl (C=O) groups excluding carboxylic acids is 2. The van der Waals surface area contributed by atoms with Crippen molar-refractivity contribution in [3.63, 3.8) is 0 Å². The summed E-state index contributed by atoms with van der Waals surface area (Å²) in [4.78, 5) is 28.4. The zero-order valence-electron chi connectivity index (χ0n) is 12.6. The van der Waals surface area contributed by atoms with Crippen LogP contribution in [0.4, 0.5) is 11.4 Å². The summed E-state index contributed by atoms with van der Waals surface area (Å²) in [6.07, 6.45) is 4.46. The lowest BCUT2D eigenvalue weighted by Gasteiger charge is -2.11. The number of hydrogen-bond acceptors (Lipinski definition) is 3. The molecule has 3 rings (SSSR count). The highest BCUT2D eigenvalue weighted by atomic mass is 35.5. The zero-order valence-corrected chi connectivity index (χ0v) is 13.3. The molecule has 0 aromatic heterocycles. The van der Waals surface area contributed by atoms with Gasteiger partial charge in [-0.3, -0.25) is 14.6 Å². The molecule has 0 aliphatic carbocycles. The second-order valence-corrected chi connectivity index (χ2v) is 5.60. The molecule has 1 aliphatic rings. The molecule has 2 N–H and O–H groups in total. The van der Waals surface area contributed by atoms with Gasteiger partial charge in [-0.2, -0.15) is 0 Å². The van der Waals surface area contributed by atoms with Crippen molar-refractivity contribution in [1.29, 1.82) is 0 Å². The van der Waals surface area contributed by atoms with Gasteiger partial charge in [0, 0.05) is 17.3 Å². The number of anilines is 1. The standard InChI is InChI=1S/C18H14ClN3O2/c19-13-7-8-14-15(10-13)22-18(24)16(11-20-14)21-17(23)9-6-12-4-2-1-3-5-12/h1-11,16H,(H,21,23)(H,22,24)/b9-6-. The van der Waals surface area contributed by atoms with Gasteiger partial charge < -0.3 is 10.6 Å². The summed E-state index contributed by atoms with van der Waals surface area (Å²) in [6, 6.07) is 13.6. The smallest absolute Gasteiger partial charge is 0.252 e. The Morgan fingerprint density at radius 3 is 2.79 bits per heavy atom. The minimum absolute atomic E-state index is 0.374. The molecule has 0 radical (unpaired) electrons. The molecule has 1 aliphatic heterocycles. The number of carbonyl (C=O) groups is 2. The molecule has 120 valence electrons. The summed E-state index contributed by atoms with van der Waals surface area (Å²) in [5.41, 5.74) is 2.00. The number of aliphatic imine (C=N–C) groups is 1. The van der Waals surface area contributed by atoms with E-state index in [1.807, 2.05) is 30.3 Å². The number of nitrogens with zero attached hydrogens (tertiary/aromatic N) is 1. The Morgan fingerprint density at radius 1 is 1.21 bits per heavy atom. The Labute approximate surface area is 144 Å². The maximum atomic E-state index is 12.2. The second-order valence-electron chi connectivity index (χ2n) is 5.16. The van der Waals surface area contributed by atoms with E-state index in [1.165, 1.54) is 12.3 Å². The number of fused-ring (bicyclic) bond motifs is 1. The van der Waals surface area contributed by atoms with Crippen molar-refractivity contribution in [3.8, 4) is 0 Å². The predicted octanol–water partition coefficient (Wildman–Crippen LogP) is 3.19. The molecule has 1 unspecified atom stereocenters. The molecule has 0 saturated heterocycles. The quantitative estimate of drug-likeness (QED) is 0.843. The van der Waals surface area contributed by atoms with Crippen LogP contribution in [0.1, 0.15) is 5.56 Å². The first kappa shape index (κ1) is 16.0. The van der Waals surface area contributed by atoms with Crippen molar-refractivity contribution < 1.29 is 9.59 Å². The highest BCUT2D eigenvalue weighted by molar-refractivity contribution is 6.31. The average Bonchev–Trinajstić information content (AvgIpc) is 2.73. The Hall–Kier alpha value is -2.92. The van der Waals surface area contributed by atoms with Gasteiger partial charge in [-0.25, -0.2) is 0 Å². The summed E-state index contributed by atoms with van der Waals surface area (Å²) >= 11 is 5.92. The number of halogens is 1. The fraction of sp³-hybridized carbons (Fsp3) is 0.0556. The number of amides is 2. The molecule has 0 spiro atoms. The van der Waals surface area contributed by atoms with Crippen LogP contribution in [-0.4, -0.2) is 24.1 Å². The van der Waals surface area contributed by atoms with E-state index < -0.39 is 6.04 Å². The van der Waals surface area contributed by atoms with E-state index in [2.05, 4.69) is 15.6 Å². The SMILES string of the molecule is O=C(/C=C\c1ccccc1)NC1C=Nc2ccc(Cl)cc2NC1=O. The molecule has 0 fully saturated rings. The summed E-state index contributed by atoms with van der Waals surface area (Å²) in [7, 11) is 0. The molecule has 1 atom stereocenters. The van der Waals surface area contributed by atoms with E-state index in [0.717, 1.165) is 5.56 Å². The van der Waals surface area contributed by atoms with Crippen molar-refractivity contribution in [1.82, 2.24) is 5.32 Å². The van der Waals surface area contributed by atoms with Crippen molar-refractivity contribution in [2.24, 2.45) is 4.99 Å². The van der Waals surface area contributed by atoms with Crippen LogP contribution in [-0.2, 0) is 9.59 Å². The normalized spacial score (nSPS) is 16.4. The average molecular weight is 340 g/mol. The highest BCUT2D eigenvalue weighted by Crippen LogP contribution is 2.29. The lowest BCUT2D eigenvalue weighted by atomic mass is 10.2. The maximum Gasteiger partial charge on any atom is 0.252 e. The summed E-state index contributed by atoms with van der Waals surface area (Å²) in [5.74, 6) is -0.754. The molecule has 0 saturated carbocycles. The van der Waals surface area contributed by atoms with E-state index >= 15 is 0 Å². The van der Waals surface area contributed by atoms with E-state index in [1.54, 1.807) is 24.3 Å². The predicted molar refractivity (Wildman–Crippen MR) is 95.6 cm³/mol. The van der Waals surface area contributed by atoms with Crippen molar-refractivity contribution in [2.75, 3.05) is 5.32 Å². The van der Waals surface area contributed by atoms with Gasteiger partial charge in [-0.1, -0.05) is 41.9 Å². The van der Waals surface area contributed by atoms with Crippen LogP contribution in [0.2, 0.25) is 5.02 Å². The Kier molecular flexibility index (Phi) is 4.72. The molecular weight excluding hydrogens is 326 g/mol. The Bertz CT molecular complexity index is 831. The third-order valence-corrected chi connectivity index (χ3v) is 3.62. The first-order valence-corrected chi connectivity index (χ1v) is 7.68. The lowest BCUT2D eigenvalue weighted by Crippen LogP contribution is -2.43. The van der Waals surface area contributed by atoms with Crippen LogP contribution in [0.15, 0.2) is 59.6 Å². The van der Waals surface area contributed by atoms with Gasteiger partial charge in [-0.05, 0) is 29.8 Å². The molecule has 1 heterocycles. The fourth-order valence-corrected chi connectivity index (χ4v) is 2.37. The molecule has 5 nitrogen and oxygen atoms in total. The summed E-state index contributed by atoms with van der Waals surface area (Å²) < 4.78 is 0. The van der Waals surface area contributed by atoms with E-state index in [0.29, 0.717) is 16.4 Å². The van der Waals surface area contributed by atoms with E-state index in [-0.39, 0.29) is 11.8 Å². The van der Waals surface area contributed by atoms with Gasteiger partial charge in [0.15, 0.2) is 0 Å². The van der Waals surface area contributed by atoms with E-state index in [4.69, 9.17) is 11.6 Å². The molecule has 2 aromatic carbocycles. The molecule has 6 heteroatoms. The van der Waals surface area contributed by atoms with Crippen LogP contribution in [0.5, 0.6) is 0 Å². The van der Waals surface area contributed by atoms with Crippen LogP contribution in [0.3, 0.4) is 0 Å². The zero-order chi connectivity index (χ0) is 16.9. The Morgan fingerprint density at radius 2 is 2.00 bits per heavy atom. The van der Waals surface area contributed by atoms with Gasteiger partial charge in [0.25, 0.3) is 5.91 Å². The van der Waals surface area contributed by atoms with Gasteiger partial charge in [0.2, 0.25) is 5.91 Å². The van der Waals surface area contributed by atoms with Crippen molar-refractivity contribution >= 4 is 47.1 Å². The lowest BCUT2D eigenvalue weighted by molar-refractivity contribution is -0.122. The number of rotatable bonds is 3. The maximum absolute atomic E-state index is 12.2. The first-order chi connectivity index (χ1) is 11.6. The largest absolute Gasteiger partial charge is 0.336 e. The minimum atomic E-state index is -0.857. The third kappa shape index (κ3) is 3.88. The third-order valence-electron chi connectivity index (χ3n) is 3.39. The monoisotopic (exact) mass is 339 g/mol. The topological polar surface area (TPSA) is 70.6 Å².